The van der Waals surface area contributed by atoms with Crippen molar-refractivity contribution in [3.63, 3.8) is 0 Å². The molecule has 2 heterocycles. The molecular weight excluding hydrogens is 236 g/mol. The molecule has 19 heavy (non-hydrogen) atoms. The molecule has 100 valence electrons. The van der Waals surface area contributed by atoms with Gasteiger partial charge in [-0.25, -0.2) is 4.98 Å². The Bertz CT molecular complexity index is 546. The van der Waals surface area contributed by atoms with Crippen LogP contribution in [0, 0.1) is 13.8 Å². The number of hydrogen-bond donors (Lipinski definition) is 2. The second kappa shape index (κ2) is 5.80. The highest BCUT2D eigenvalue weighted by atomic mass is 14.9. The van der Waals surface area contributed by atoms with Crippen molar-refractivity contribution < 1.29 is 0 Å². The predicted octanol–water partition coefficient (Wildman–Crippen LogP) is 2.37. The largest absolute Gasteiger partial charge is 0.383 e. The number of nitrogens with zero attached hydrogens (tertiary/aromatic N) is 2. The van der Waals surface area contributed by atoms with Crippen molar-refractivity contribution in [2.24, 2.45) is 0 Å². The fourth-order valence-electron chi connectivity index (χ4n) is 2.32. The van der Waals surface area contributed by atoms with Crippen LogP contribution in [0.25, 0.3) is 0 Å². The molecule has 0 saturated heterocycles. The Morgan fingerprint density at radius 1 is 1.26 bits per heavy atom. The maximum atomic E-state index is 6.00. The van der Waals surface area contributed by atoms with Crippen molar-refractivity contribution in [3.8, 4) is 0 Å². The monoisotopic (exact) mass is 256 g/mol. The molecule has 3 N–H and O–H groups in total. The van der Waals surface area contributed by atoms with Crippen molar-refractivity contribution in [1.82, 2.24) is 15.3 Å². The highest BCUT2D eigenvalue weighted by Crippen LogP contribution is 2.26. The van der Waals surface area contributed by atoms with E-state index in [1.807, 2.05) is 26.0 Å². The second-order valence-corrected chi connectivity index (χ2v) is 4.65. The third-order valence-electron chi connectivity index (χ3n) is 3.03. The van der Waals surface area contributed by atoms with Crippen molar-refractivity contribution in [1.29, 1.82) is 0 Å². The molecule has 0 aliphatic heterocycles. The van der Waals surface area contributed by atoms with Gasteiger partial charge in [0.2, 0.25) is 0 Å². The molecule has 0 radical (unpaired) electrons. The minimum absolute atomic E-state index is 0.0547. The van der Waals surface area contributed by atoms with E-state index in [9.17, 15) is 0 Å². The lowest BCUT2D eigenvalue weighted by atomic mass is 9.98. The molecule has 2 aromatic heterocycles. The summed E-state index contributed by atoms with van der Waals surface area (Å²) in [6.07, 6.45) is 1.71. The van der Waals surface area contributed by atoms with Gasteiger partial charge in [0.1, 0.15) is 5.82 Å². The third-order valence-corrected chi connectivity index (χ3v) is 3.03. The molecular formula is C15H20N4. The number of nitrogen functional groups attached to an aromatic ring is 1. The van der Waals surface area contributed by atoms with Gasteiger partial charge in [-0.15, -0.1) is 0 Å². The quantitative estimate of drug-likeness (QED) is 0.881. The number of anilines is 1. The molecule has 4 heteroatoms. The molecule has 0 fully saturated rings. The Kier molecular flexibility index (Phi) is 4.12. The highest BCUT2D eigenvalue weighted by Gasteiger charge is 2.16. The summed E-state index contributed by atoms with van der Waals surface area (Å²) in [6, 6.07) is 8.16. The standard InChI is InChI=1S/C15H20N4/c1-4-17-14(13-6-5-7-18-15(13)16)12-8-10(2)19-11(3)9-12/h5-9,14,17H,4H2,1-3H3,(H2,16,18). The van der Waals surface area contributed by atoms with Crippen LogP contribution in [0.2, 0.25) is 0 Å². The number of aromatic nitrogens is 2. The normalized spacial score (nSPS) is 12.4. The molecule has 0 saturated carbocycles. The van der Waals surface area contributed by atoms with Gasteiger partial charge in [0, 0.05) is 23.1 Å². The zero-order chi connectivity index (χ0) is 13.8. The van der Waals surface area contributed by atoms with Gasteiger partial charge < -0.3 is 11.1 Å². The molecule has 1 atom stereocenters. The van der Waals surface area contributed by atoms with Gasteiger partial charge in [0.05, 0.1) is 6.04 Å². The van der Waals surface area contributed by atoms with Crippen LogP contribution in [-0.4, -0.2) is 16.5 Å². The summed E-state index contributed by atoms with van der Waals surface area (Å²) in [7, 11) is 0. The van der Waals surface area contributed by atoms with E-state index in [4.69, 9.17) is 5.73 Å². The van der Waals surface area contributed by atoms with Crippen LogP contribution < -0.4 is 11.1 Å². The number of aryl methyl sites for hydroxylation is 2. The van der Waals surface area contributed by atoms with E-state index >= 15 is 0 Å². The van der Waals surface area contributed by atoms with E-state index in [0.717, 1.165) is 23.5 Å². The fourth-order valence-corrected chi connectivity index (χ4v) is 2.32. The summed E-state index contributed by atoms with van der Waals surface area (Å²) in [5.74, 6) is 0.570. The van der Waals surface area contributed by atoms with Crippen LogP contribution in [0.15, 0.2) is 30.5 Å². The Balaban J connectivity index is 2.48. The lowest BCUT2D eigenvalue weighted by molar-refractivity contribution is 0.628. The Hall–Kier alpha value is -1.94. The Morgan fingerprint density at radius 3 is 2.53 bits per heavy atom. The lowest BCUT2D eigenvalue weighted by Gasteiger charge is -2.20. The van der Waals surface area contributed by atoms with Gasteiger partial charge in [-0.3, -0.25) is 4.98 Å². The smallest absolute Gasteiger partial charge is 0.128 e. The van der Waals surface area contributed by atoms with Crippen LogP contribution >= 0.6 is 0 Å². The summed E-state index contributed by atoms with van der Waals surface area (Å²) in [5.41, 5.74) is 10.2. The summed E-state index contributed by atoms with van der Waals surface area (Å²) < 4.78 is 0. The maximum Gasteiger partial charge on any atom is 0.128 e. The van der Waals surface area contributed by atoms with Gasteiger partial charge >= 0.3 is 0 Å². The number of nitrogens with two attached hydrogens (primary N) is 1. The molecule has 0 aromatic carbocycles. The minimum atomic E-state index is 0.0547. The molecule has 0 amide bonds. The average molecular weight is 256 g/mol. The van der Waals surface area contributed by atoms with E-state index in [-0.39, 0.29) is 6.04 Å². The van der Waals surface area contributed by atoms with Gasteiger partial charge in [-0.2, -0.15) is 0 Å². The van der Waals surface area contributed by atoms with Gasteiger partial charge in [0.25, 0.3) is 0 Å². The second-order valence-electron chi connectivity index (χ2n) is 4.65. The summed E-state index contributed by atoms with van der Waals surface area (Å²) in [6.45, 7) is 6.96. The van der Waals surface area contributed by atoms with Crippen LogP contribution in [-0.2, 0) is 0 Å². The molecule has 2 aromatic rings. The first kappa shape index (κ1) is 13.5. The van der Waals surface area contributed by atoms with Crippen LogP contribution in [0.5, 0.6) is 0 Å². The number of rotatable bonds is 4. The predicted molar refractivity (Wildman–Crippen MR) is 77.9 cm³/mol. The molecule has 0 aliphatic carbocycles. The average Bonchev–Trinajstić information content (AvgIpc) is 2.36. The van der Waals surface area contributed by atoms with Crippen LogP contribution in [0.3, 0.4) is 0 Å². The molecule has 1 unspecified atom stereocenters. The molecule has 0 aliphatic rings. The molecule has 0 spiro atoms. The van der Waals surface area contributed by atoms with E-state index in [1.54, 1.807) is 6.20 Å². The fraction of sp³-hybridized carbons (Fsp3) is 0.333. The van der Waals surface area contributed by atoms with E-state index in [0.29, 0.717) is 5.82 Å². The van der Waals surface area contributed by atoms with Crippen LogP contribution in [0.4, 0.5) is 5.82 Å². The van der Waals surface area contributed by atoms with Crippen LogP contribution in [0.1, 0.15) is 35.5 Å². The van der Waals surface area contributed by atoms with Crippen molar-refractivity contribution in [2.45, 2.75) is 26.8 Å². The van der Waals surface area contributed by atoms with E-state index in [2.05, 4.69) is 34.3 Å². The summed E-state index contributed by atoms with van der Waals surface area (Å²) in [5, 5.41) is 3.46. The molecule has 4 nitrogen and oxygen atoms in total. The number of nitrogens with one attached hydrogen (secondary N) is 1. The summed E-state index contributed by atoms with van der Waals surface area (Å²) in [4.78, 5) is 8.59. The lowest BCUT2D eigenvalue weighted by Crippen LogP contribution is -2.23. The topological polar surface area (TPSA) is 63.8 Å². The first-order valence-corrected chi connectivity index (χ1v) is 6.50. The zero-order valence-electron chi connectivity index (χ0n) is 11.6. The SMILES string of the molecule is CCNC(c1cc(C)nc(C)c1)c1cccnc1N. The Morgan fingerprint density at radius 2 is 1.95 bits per heavy atom. The summed E-state index contributed by atoms with van der Waals surface area (Å²) >= 11 is 0. The van der Waals surface area contributed by atoms with Crippen molar-refractivity contribution >= 4 is 5.82 Å². The molecule has 0 bridgehead atoms. The number of pyridine rings is 2. The minimum Gasteiger partial charge on any atom is -0.383 e. The van der Waals surface area contributed by atoms with Crippen molar-refractivity contribution in [2.75, 3.05) is 12.3 Å². The first-order valence-electron chi connectivity index (χ1n) is 6.50. The maximum absolute atomic E-state index is 6.00. The third kappa shape index (κ3) is 3.09. The van der Waals surface area contributed by atoms with E-state index < -0.39 is 0 Å². The van der Waals surface area contributed by atoms with Gasteiger partial charge in [-0.1, -0.05) is 13.0 Å². The first-order chi connectivity index (χ1) is 9.11. The number of hydrogen-bond acceptors (Lipinski definition) is 4. The zero-order valence-corrected chi connectivity index (χ0v) is 11.6. The highest BCUT2D eigenvalue weighted by molar-refractivity contribution is 5.45. The molecule has 2 rings (SSSR count). The van der Waals surface area contributed by atoms with E-state index in [1.165, 1.54) is 5.56 Å². The Labute approximate surface area is 114 Å². The van der Waals surface area contributed by atoms with Crippen molar-refractivity contribution in [3.05, 3.63) is 53.0 Å². The van der Waals surface area contributed by atoms with Gasteiger partial charge in [0.15, 0.2) is 0 Å². The van der Waals surface area contributed by atoms with Gasteiger partial charge in [-0.05, 0) is 44.2 Å².